The maximum absolute atomic E-state index is 14.4. The molecule has 0 bridgehead atoms. The van der Waals surface area contributed by atoms with Gasteiger partial charge >= 0.3 is 0 Å². The summed E-state index contributed by atoms with van der Waals surface area (Å²) in [6, 6.07) is 11.4. The van der Waals surface area contributed by atoms with E-state index in [0.29, 0.717) is 23.8 Å². The number of hydrogen-bond donors (Lipinski definition) is 2. The molecule has 198 valence electrons. The molecule has 36 heavy (non-hydrogen) atoms. The summed E-state index contributed by atoms with van der Waals surface area (Å²) in [7, 11) is 0. The number of halogens is 2. The Bertz CT molecular complexity index is 1030. The fraction of sp³-hybridized carbons (Fsp3) is 0.643. The zero-order valence-corrected chi connectivity index (χ0v) is 23.5. The van der Waals surface area contributed by atoms with Crippen LogP contribution in [-0.4, -0.2) is 48.0 Å². The maximum Gasteiger partial charge on any atom is 0.228 e. The Morgan fingerprint density at radius 2 is 1.81 bits per heavy atom. The zero-order chi connectivity index (χ0) is 23.1. The van der Waals surface area contributed by atoms with Crippen molar-refractivity contribution < 1.29 is 29.6 Å². The lowest BCUT2D eigenvalue weighted by Gasteiger charge is -2.47. The van der Waals surface area contributed by atoms with Crippen LogP contribution in [0.4, 0.5) is 0 Å². The van der Waals surface area contributed by atoms with E-state index in [4.69, 9.17) is 4.98 Å². The van der Waals surface area contributed by atoms with E-state index in [1.807, 2.05) is 11.3 Å². The van der Waals surface area contributed by atoms with E-state index in [0.717, 1.165) is 50.6 Å². The Kier molecular flexibility index (Phi) is 9.04. The van der Waals surface area contributed by atoms with Gasteiger partial charge in [-0.15, -0.1) is 11.3 Å². The Labute approximate surface area is 232 Å². The minimum absolute atomic E-state index is 0. The van der Waals surface area contributed by atoms with Gasteiger partial charge in [0.05, 0.1) is 16.6 Å². The molecule has 4 atom stereocenters. The molecule has 4 heterocycles. The summed E-state index contributed by atoms with van der Waals surface area (Å²) in [5, 5.41) is 8.36. The molecular weight excluding hydrogens is 511 g/mol. The number of hydrogen-bond acceptors (Lipinski definition) is 5. The van der Waals surface area contributed by atoms with Crippen LogP contribution >= 0.6 is 11.3 Å². The standard InChI is InChI=1S/C28H38N4OS.2ClH/c1-19-31-24-16-30-18-28(26(24)34-19)17-29-15-23(28)27(33)32-13-12-22(20-8-4-2-5-9-20)14-25(32)21-10-6-3-7-11-21;;/h2,4-5,8-9,21-23,25,29-30H,3,6-7,10-18H2,1H3;2*1H/p-2/t22-,23+,25+,28+;;/m1../s1. The van der Waals surface area contributed by atoms with Crippen LogP contribution in [0.1, 0.15) is 72.0 Å². The molecule has 2 aromatic rings. The third kappa shape index (κ3) is 4.96. The summed E-state index contributed by atoms with van der Waals surface area (Å²) in [5.74, 6) is 1.62. The molecule has 2 saturated heterocycles. The number of likely N-dealkylation sites (tertiary alicyclic amines) is 1. The maximum atomic E-state index is 14.4. The molecule has 0 radical (unpaired) electrons. The average Bonchev–Trinajstić information content (AvgIpc) is 3.48. The first-order valence-electron chi connectivity index (χ1n) is 13.4. The SMILES string of the molecule is Cc1nc2c(s1)[C@]1(CNC2)CNC[C@H]1C(=O)N1CC[C@@H](c2ccccc2)C[C@H]1C1CCCCC1.[Cl-].[Cl-]. The summed E-state index contributed by atoms with van der Waals surface area (Å²) >= 11 is 1.82. The number of nitrogens with one attached hydrogen (secondary N) is 2. The molecule has 0 unspecified atom stereocenters. The van der Waals surface area contributed by atoms with Crippen molar-refractivity contribution in [3.63, 3.8) is 0 Å². The number of carbonyl (C=O) groups excluding carboxylic acids is 1. The number of nitrogens with zero attached hydrogens (tertiary/aromatic N) is 2. The zero-order valence-electron chi connectivity index (χ0n) is 21.1. The van der Waals surface area contributed by atoms with Crippen LogP contribution in [0.3, 0.4) is 0 Å². The lowest BCUT2D eigenvalue weighted by molar-refractivity contribution is -0.142. The van der Waals surface area contributed by atoms with Crippen LogP contribution < -0.4 is 35.4 Å². The highest BCUT2D eigenvalue weighted by molar-refractivity contribution is 7.11. The van der Waals surface area contributed by atoms with Crippen LogP contribution in [0.15, 0.2) is 30.3 Å². The van der Waals surface area contributed by atoms with E-state index in [1.165, 1.54) is 48.2 Å². The Balaban J connectivity index is 0.00000152. The van der Waals surface area contributed by atoms with E-state index in [1.54, 1.807) is 0 Å². The molecular formula is C28H38Cl2N4OS-2. The molecule has 2 N–H and O–H groups in total. The summed E-state index contributed by atoms with van der Waals surface area (Å²) < 4.78 is 0. The lowest BCUT2D eigenvalue weighted by Crippen LogP contribution is -3.00. The largest absolute Gasteiger partial charge is 1.00 e. The topological polar surface area (TPSA) is 57.3 Å². The summed E-state index contributed by atoms with van der Waals surface area (Å²) in [6.07, 6.45) is 8.76. The van der Waals surface area contributed by atoms with Crippen LogP contribution in [0.25, 0.3) is 0 Å². The van der Waals surface area contributed by atoms with Crippen molar-refractivity contribution in [2.45, 2.75) is 75.8 Å². The number of amides is 1. The van der Waals surface area contributed by atoms with Crippen molar-refractivity contribution in [3.05, 3.63) is 51.5 Å². The molecule has 3 fully saturated rings. The summed E-state index contributed by atoms with van der Waals surface area (Å²) in [4.78, 5) is 23.0. The van der Waals surface area contributed by atoms with Gasteiger partial charge in [-0.3, -0.25) is 4.79 Å². The smallest absolute Gasteiger partial charge is 0.228 e. The molecule has 8 heteroatoms. The molecule has 1 aliphatic carbocycles. The van der Waals surface area contributed by atoms with E-state index in [2.05, 4.69) is 52.8 Å². The van der Waals surface area contributed by atoms with Crippen LogP contribution in [0.5, 0.6) is 0 Å². The quantitative estimate of drug-likeness (QED) is 0.484. The highest BCUT2D eigenvalue weighted by Gasteiger charge is 2.53. The van der Waals surface area contributed by atoms with E-state index >= 15 is 0 Å². The Hall–Kier alpha value is -1.18. The van der Waals surface area contributed by atoms with Crippen molar-refractivity contribution in [2.75, 3.05) is 26.2 Å². The van der Waals surface area contributed by atoms with Gasteiger partial charge in [-0.25, -0.2) is 4.98 Å². The molecule has 4 aliphatic rings. The van der Waals surface area contributed by atoms with Gasteiger partial charge in [0.25, 0.3) is 0 Å². The Morgan fingerprint density at radius 1 is 1.06 bits per heavy atom. The highest BCUT2D eigenvalue weighted by Crippen LogP contribution is 2.45. The first-order chi connectivity index (χ1) is 16.7. The van der Waals surface area contributed by atoms with Gasteiger partial charge in [-0.05, 0) is 50.0 Å². The fourth-order valence-electron chi connectivity index (χ4n) is 7.43. The molecule has 1 saturated carbocycles. The second-order valence-electron chi connectivity index (χ2n) is 11.1. The number of aryl methyl sites for hydroxylation is 1. The summed E-state index contributed by atoms with van der Waals surface area (Å²) in [5.41, 5.74) is 2.47. The van der Waals surface area contributed by atoms with Gasteiger partial charge in [-0.1, -0.05) is 49.6 Å². The van der Waals surface area contributed by atoms with E-state index < -0.39 is 0 Å². The van der Waals surface area contributed by atoms with Crippen LogP contribution in [-0.2, 0) is 16.8 Å². The number of rotatable bonds is 3. The number of fused-ring (bicyclic) bond motifs is 2. The van der Waals surface area contributed by atoms with Crippen molar-refractivity contribution in [1.82, 2.24) is 20.5 Å². The van der Waals surface area contributed by atoms with Crippen LogP contribution in [0.2, 0.25) is 0 Å². The number of aromatic nitrogens is 1. The van der Waals surface area contributed by atoms with Gasteiger partial charge in [0.15, 0.2) is 0 Å². The Morgan fingerprint density at radius 3 is 2.58 bits per heavy atom. The van der Waals surface area contributed by atoms with Crippen molar-refractivity contribution in [2.24, 2.45) is 11.8 Å². The first kappa shape index (κ1) is 27.8. The molecule has 6 rings (SSSR count). The van der Waals surface area contributed by atoms with Crippen molar-refractivity contribution in [3.8, 4) is 0 Å². The molecule has 3 aliphatic heterocycles. The number of piperidine rings is 1. The molecule has 1 amide bonds. The van der Waals surface area contributed by atoms with Gasteiger partial charge < -0.3 is 40.3 Å². The first-order valence-corrected chi connectivity index (χ1v) is 14.2. The monoisotopic (exact) mass is 548 g/mol. The number of carbonyl (C=O) groups is 1. The number of thiazole rings is 1. The summed E-state index contributed by atoms with van der Waals surface area (Å²) in [6.45, 7) is 6.36. The molecule has 1 spiro atoms. The van der Waals surface area contributed by atoms with Crippen LogP contribution in [0, 0.1) is 18.8 Å². The molecule has 5 nitrogen and oxygen atoms in total. The fourth-order valence-corrected chi connectivity index (χ4v) is 8.61. The van der Waals surface area contributed by atoms with Gasteiger partial charge in [0, 0.05) is 49.1 Å². The van der Waals surface area contributed by atoms with E-state index in [9.17, 15) is 4.79 Å². The van der Waals surface area contributed by atoms with Gasteiger partial charge in [0.1, 0.15) is 0 Å². The third-order valence-electron chi connectivity index (χ3n) is 9.14. The van der Waals surface area contributed by atoms with Crippen molar-refractivity contribution >= 4 is 17.2 Å². The molecule has 1 aromatic carbocycles. The van der Waals surface area contributed by atoms with Crippen molar-refractivity contribution in [1.29, 1.82) is 0 Å². The normalized spacial score (nSPS) is 30.4. The second kappa shape index (κ2) is 11.7. The third-order valence-corrected chi connectivity index (χ3v) is 10.4. The predicted octanol–water partition coefficient (Wildman–Crippen LogP) is -1.62. The van der Waals surface area contributed by atoms with Gasteiger partial charge in [-0.2, -0.15) is 0 Å². The molecule has 1 aromatic heterocycles. The average molecular weight is 550 g/mol. The minimum atomic E-state index is -0.149. The van der Waals surface area contributed by atoms with E-state index in [-0.39, 0.29) is 36.1 Å². The van der Waals surface area contributed by atoms with Gasteiger partial charge in [0.2, 0.25) is 5.91 Å². The highest BCUT2D eigenvalue weighted by atomic mass is 35.5. The number of benzene rings is 1. The second-order valence-corrected chi connectivity index (χ2v) is 12.3. The minimum Gasteiger partial charge on any atom is -1.00 e. The predicted molar refractivity (Wildman–Crippen MR) is 137 cm³/mol. The lowest BCUT2D eigenvalue weighted by atomic mass is 9.71.